The van der Waals surface area contributed by atoms with E-state index in [0.29, 0.717) is 6.42 Å². The Morgan fingerprint density at radius 1 is 1.50 bits per heavy atom. The van der Waals surface area contributed by atoms with Crippen LogP contribution in [0.15, 0.2) is 24.3 Å². The van der Waals surface area contributed by atoms with E-state index >= 15 is 0 Å². The van der Waals surface area contributed by atoms with E-state index in [1.807, 2.05) is 6.07 Å². The van der Waals surface area contributed by atoms with Crippen molar-refractivity contribution in [2.75, 3.05) is 0 Å². The van der Waals surface area contributed by atoms with Gasteiger partial charge in [-0.1, -0.05) is 32.4 Å². The van der Waals surface area contributed by atoms with Gasteiger partial charge in [-0.15, -0.1) is 0 Å². The summed E-state index contributed by atoms with van der Waals surface area (Å²) in [6.07, 6.45) is 3.76. The lowest BCUT2D eigenvalue weighted by Crippen LogP contribution is -2.42. The molecular weight excluding hydrogens is 226 g/mol. The molecule has 0 spiro atoms. The fraction of sp³-hybridized carbons (Fsp3) is 0.533. The molecule has 1 atom stereocenters. The van der Waals surface area contributed by atoms with Gasteiger partial charge in [-0.3, -0.25) is 4.79 Å². The van der Waals surface area contributed by atoms with Crippen LogP contribution in [0, 0.1) is 5.41 Å². The lowest BCUT2D eigenvalue weighted by atomic mass is 9.87. The van der Waals surface area contributed by atoms with Crippen LogP contribution in [0.25, 0.3) is 0 Å². The molecule has 0 aliphatic heterocycles. The molecule has 98 valence electrons. The quantitative estimate of drug-likeness (QED) is 0.862. The van der Waals surface area contributed by atoms with Crippen molar-refractivity contribution in [3.63, 3.8) is 0 Å². The molecule has 1 aliphatic carbocycles. The molecule has 0 aromatic heterocycles. The third kappa shape index (κ3) is 3.03. The van der Waals surface area contributed by atoms with Crippen LogP contribution in [0.4, 0.5) is 0 Å². The molecular formula is C15H21NO2. The summed E-state index contributed by atoms with van der Waals surface area (Å²) in [6, 6.07) is 7.15. The number of rotatable bonds is 3. The monoisotopic (exact) mass is 247 g/mol. The summed E-state index contributed by atoms with van der Waals surface area (Å²) >= 11 is 0. The zero-order valence-corrected chi connectivity index (χ0v) is 11.1. The molecule has 3 nitrogen and oxygen atoms in total. The summed E-state index contributed by atoms with van der Waals surface area (Å²) in [6.45, 7) is 4.42. The van der Waals surface area contributed by atoms with E-state index in [4.69, 9.17) is 0 Å². The standard InChI is InChI=1S/C15H21NO2/c1-15(2)8-4-7-13(15)16-14(18)10-11-5-3-6-12(17)9-11/h3,5-6,9,13,17H,4,7-8,10H2,1-2H3,(H,16,18). The molecule has 1 aromatic carbocycles. The molecule has 1 unspecified atom stereocenters. The Balaban J connectivity index is 1.93. The second kappa shape index (κ2) is 5.01. The number of hydrogen-bond donors (Lipinski definition) is 2. The molecule has 0 radical (unpaired) electrons. The number of hydrogen-bond acceptors (Lipinski definition) is 2. The topological polar surface area (TPSA) is 49.3 Å². The highest BCUT2D eigenvalue weighted by molar-refractivity contribution is 5.79. The first kappa shape index (κ1) is 12.9. The lowest BCUT2D eigenvalue weighted by Gasteiger charge is -2.27. The van der Waals surface area contributed by atoms with Crippen molar-refractivity contribution in [3.8, 4) is 5.75 Å². The first-order valence-corrected chi connectivity index (χ1v) is 6.55. The fourth-order valence-electron chi connectivity index (χ4n) is 2.69. The number of carbonyl (C=O) groups is 1. The SMILES string of the molecule is CC1(C)CCCC1NC(=O)Cc1cccc(O)c1. The normalized spacial score (nSPS) is 21.8. The molecule has 1 aliphatic rings. The zero-order valence-electron chi connectivity index (χ0n) is 11.1. The molecule has 0 saturated heterocycles. The van der Waals surface area contributed by atoms with Crippen molar-refractivity contribution in [1.82, 2.24) is 5.32 Å². The molecule has 1 saturated carbocycles. The summed E-state index contributed by atoms with van der Waals surface area (Å²) < 4.78 is 0. The number of nitrogens with one attached hydrogen (secondary N) is 1. The van der Waals surface area contributed by atoms with Gasteiger partial charge < -0.3 is 10.4 Å². The van der Waals surface area contributed by atoms with E-state index in [9.17, 15) is 9.90 Å². The third-order valence-corrected chi connectivity index (χ3v) is 3.87. The maximum absolute atomic E-state index is 12.0. The minimum atomic E-state index is 0.0422. The highest BCUT2D eigenvalue weighted by Crippen LogP contribution is 2.37. The molecule has 18 heavy (non-hydrogen) atoms. The van der Waals surface area contributed by atoms with Crippen molar-refractivity contribution in [3.05, 3.63) is 29.8 Å². The Labute approximate surface area is 108 Å². The maximum atomic E-state index is 12.0. The van der Waals surface area contributed by atoms with Gasteiger partial charge in [0.15, 0.2) is 0 Å². The maximum Gasteiger partial charge on any atom is 0.224 e. The van der Waals surface area contributed by atoms with Crippen LogP contribution in [0.2, 0.25) is 0 Å². The Hall–Kier alpha value is -1.51. The van der Waals surface area contributed by atoms with Crippen molar-refractivity contribution >= 4 is 5.91 Å². The molecule has 0 bridgehead atoms. The molecule has 2 N–H and O–H groups in total. The third-order valence-electron chi connectivity index (χ3n) is 3.87. The Bertz CT molecular complexity index is 440. The van der Waals surface area contributed by atoms with E-state index in [1.165, 1.54) is 12.8 Å². The summed E-state index contributed by atoms with van der Waals surface area (Å²) in [5.41, 5.74) is 1.05. The fourth-order valence-corrected chi connectivity index (χ4v) is 2.69. The van der Waals surface area contributed by atoms with Crippen LogP contribution in [0.5, 0.6) is 5.75 Å². The highest BCUT2D eigenvalue weighted by atomic mass is 16.3. The second-order valence-corrected chi connectivity index (χ2v) is 5.85. The number of carbonyl (C=O) groups excluding carboxylic acids is 1. The number of aromatic hydroxyl groups is 1. The first-order valence-electron chi connectivity index (χ1n) is 6.55. The minimum Gasteiger partial charge on any atom is -0.508 e. The van der Waals surface area contributed by atoms with Gasteiger partial charge in [0.1, 0.15) is 5.75 Å². The van der Waals surface area contributed by atoms with E-state index in [-0.39, 0.29) is 23.1 Å². The smallest absolute Gasteiger partial charge is 0.224 e. The Kier molecular flexibility index (Phi) is 3.60. The van der Waals surface area contributed by atoms with Gasteiger partial charge in [0.2, 0.25) is 5.91 Å². The number of phenolic OH excluding ortho intramolecular Hbond substituents is 1. The molecule has 0 heterocycles. The van der Waals surface area contributed by atoms with Crippen molar-refractivity contribution in [2.45, 2.75) is 45.6 Å². The van der Waals surface area contributed by atoms with E-state index in [0.717, 1.165) is 12.0 Å². The summed E-state index contributed by atoms with van der Waals surface area (Å²) in [5, 5.41) is 12.5. The molecule has 3 heteroatoms. The largest absolute Gasteiger partial charge is 0.508 e. The number of amides is 1. The van der Waals surface area contributed by atoms with E-state index in [2.05, 4.69) is 19.2 Å². The Morgan fingerprint density at radius 3 is 2.89 bits per heavy atom. The van der Waals surface area contributed by atoms with Gasteiger partial charge in [-0.2, -0.15) is 0 Å². The van der Waals surface area contributed by atoms with Crippen molar-refractivity contribution < 1.29 is 9.90 Å². The molecule has 1 amide bonds. The van der Waals surface area contributed by atoms with Gasteiger partial charge in [0.25, 0.3) is 0 Å². The molecule has 1 aromatic rings. The van der Waals surface area contributed by atoms with Gasteiger partial charge in [0, 0.05) is 6.04 Å². The van der Waals surface area contributed by atoms with Gasteiger partial charge >= 0.3 is 0 Å². The van der Waals surface area contributed by atoms with Crippen LogP contribution >= 0.6 is 0 Å². The summed E-state index contributed by atoms with van der Waals surface area (Å²) in [4.78, 5) is 12.0. The van der Waals surface area contributed by atoms with Gasteiger partial charge in [-0.05, 0) is 36.0 Å². The zero-order chi connectivity index (χ0) is 13.2. The minimum absolute atomic E-state index is 0.0422. The van der Waals surface area contributed by atoms with Crippen molar-refractivity contribution in [1.29, 1.82) is 0 Å². The summed E-state index contributed by atoms with van der Waals surface area (Å²) in [5.74, 6) is 0.252. The van der Waals surface area contributed by atoms with Crippen LogP contribution < -0.4 is 5.32 Å². The van der Waals surface area contributed by atoms with Crippen LogP contribution in [0.3, 0.4) is 0 Å². The van der Waals surface area contributed by atoms with Gasteiger partial charge in [0.05, 0.1) is 6.42 Å². The number of phenols is 1. The Morgan fingerprint density at radius 2 is 2.28 bits per heavy atom. The van der Waals surface area contributed by atoms with Crippen LogP contribution in [0.1, 0.15) is 38.7 Å². The average molecular weight is 247 g/mol. The van der Waals surface area contributed by atoms with Gasteiger partial charge in [-0.25, -0.2) is 0 Å². The molecule has 1 fully saturated rings. The molecule has 2 rings (SSSR count). The van der Waals surface area contributed by atoms with Crippen LogP contribution in [-0.2, 0) is 11.2 Å². The second-order valence-electron chi connectivity index (χ2n) is 5.85. The predicted octanol–water partition coefficient (Wildman–Crippen LogP) is 2.63. The average Bonchev–Trinajstić information content (AvgIpc) is 2.58. The number of benzene rings is 1. The lowest BCUT2D eigenvalue weighted by molar-refractivity contribution is -0.121. The van der Waals surface area contributed by atoms with E-state index < -0.39 is 0 Å². The summed E-state index contributed by atoms with van der Waals surface area (Å²) in [7, 11) is 0. The van der Waals surface area contributed by atoms with Crippen molar-refractivity contribution in [2.24, 2.45) is 5.41 Å². The highest BCUT2D eigenvalue weighted by Gasteiger charge is 2.35. The predicted molar refractivity (Wildman–Crippen MR) is 71.4 cm³/mol. The van der Waals surface area contributed by atoms with E-state index in [1.54, 1.807) is 18.2 Å². The van der Waals surface area contributed by atoms with Crippen LogP contribution in [-0.4, -0.2) is 17.1 Å². The first-order chi connectivity index (χ1) is 8.47.